The molecule has 1 fully saturated rings. The summed E-state index contributed by atoms with van der Waals surface area (Å²) in [5, 5.41) is 4.03. The first-order valence-corrected chi connectivity index (χ1v) is 12.8. The number of rotatable bonds is 9. The van der Waals surface area contributed by atoms with Gasteiger partial charge in [-0.05, 0) is 53.9 Å². The van der Waals surface area contributed by atoms with Crippen molar-refractivity contribution in [1.82, 2.24) is 9.73 Å². The minimum absolute atomic E-state index is 0.226. The fourth-order valence-corrected chi connectivity index (χ4v) is 4.95. The molecule has 1 saturated heterocycles. The number of hydrogen-bond acceptors (Lipinski definition) is 6. The Morgan fingerprint density at radius 3 is 2.43 bits per heavy atom. The summed E-state index contributed by atoms with van der Waals surface area (Å²) >= 11 is 0. The number of amides is 1. The molecular formula is C26H27N3O5S. The van der Waals surface area contributed by atoms with Crippen molar-refractivity contribution in [2.75, 3.05) is 26.3 Å². The fourth-order valence-electron chi connectivity index (χ4n) is 3.54. The first-order valence-electron chi connectivity index (χ1n) is 11.3. The Morgan fingerprint density at radius 1 is 0.971 bits per heavy atom. The Hall–Kier alpha value is -3.53. The van der Waals surface area contributed by atoms with Crippen molar-refractivity contribution in [3.8, 4) is 11.5 Å². The molecule has 1 amide bonds. The average molecular weight is 494 g/mol. The molecule has 3 aromatic rings. The minimum Gasteiger partial charge on any atom is -0.457 e. The average Bonchev–Trinajstić information content (AvgIpc) is 2.89. The van der Waals surface area contributed by atoms with Crippen molar-refractivity contribution < 1.29 is 22.7 Å². The first kappa shape index (κ1) is 24.6. The Labute approximate surface area is 205 Å². The second kappa shape index (κ2) is 11.7. The Balaban J connectivity index is 1.25. The van der Waals surface area contributed by atoms with Crippen molar-refractivity contribution in [1.29, 1.82) is 0 Å². The number of carbonyl (C=O) groups excluding carboxylic acids is 1. The zero-order valence-corrected chi connectivity index (χ0v) is 20.0. The third kappa shape index (κ3) is 6.98. The van der Waals surface area contributed by atoms with Gasteiger partial charge in [0.2, 0.25) is 15.9 Å². The SMILES string of the molecule is O=C(CCc1ccc(S(=O)(=O)N2CCOCC2)cc1)N/N=C/c1cccc(Oc2ccccc2)c1. The second-order valence-electron chi connectivity index (χ2n) is 7.94. The van der Waals surface area contributed by atoms with Crippen molar-refractivity contribution in [3.63, 3.8) is 0 Å². The van der Waals surface area contributed by atoms with Gasteiger partial charge in [-0.2, -0.15) is 9.41 Å². The van der Waals surface area contributed by atoms with Crippen LogP contribution in [0.15, 0.2) is 88.9 Å². The summed E-state index contributed by atoms with van der Waals surface area (Å²) in [5.41, 5.74) is 4.18. The molecule has 0 unspecified atom stereocenters. The van der Waals surface area contributed by atoms with E-state index in [1.165, 1.54) is 4.31 Å². The second-order valence-corrected chi connectivity index (χ2v) is 9.88. The van der Waals surface area contributed by atoms with Crippen LogP contribution in [0, 0.1) is 0 Å². The highest BCUT2D eigenvalue weighted by molar-refractivity contribution is 7.89. The van der Waals surface area contributed by atoms with E-state index >= 15 is 0 Å². The van der Waals surface area contributed by atoms with Crippen molar-refractivity contribution in [2.24, 2.45) is 5.10 Å². The molecule has 0 aromatic heterocycles. The smallest absolute Gasteiger partial charge is 0.243 e. The van der Waals surface area contributed by atoms with E-state index in [-0.39, 0.29) is 17.2 Å². The van der Waals surface area contributed by atoms with Crippen molar-refractivity contribution in [2.45, 2.75) is 17.7 Å². The molecule has 3 aromatic carbocycles. The van der Waals surface area contributed by atoms with E-state index in [4.69, 9.17) is 9.47 Å². The standard InChI is InChI=1S/C26H27N3O5S/c30-26(28-27-20-22-5-4-8-24(19-22)34-23-6-2-1-3-7-23)14-11-21-9-12-25(13-10-21)35(31,32)29-15-17-33-18-16-29/h1-10,12-13,19-20H,11,14-18H2,(H,28,30)/b27-20+. The summed E-state index contributed by atoms with van der Waals surface area (Å²) in [7, 11) is -3.52. The number of morpholine rings is 1. The number of nitrogens with zero attached hydrogens (tertiary/aromatic N) is 2. The van der Waals surface area contributed by atoms with E-state index < -0.39 is 10.0 Å². The van der Waals surface area contributed by atoms with Crippen LogP contribution in [0.3, 0.4) is 0 Å². The highest BCUT2D eigenvalue weighted by atomic mass is 32.2. The van der Waals surface area contributed by atoms with Crippen LogP contribution in [0.2, 0.25) is 0 Å². The van der Waals surface area contributed by atoms with Crippen LogP contribution >= 0.6 is 0 Å². The molecule has 35 heavy (non-hydrogen) atoms. The van der Waals surface area contributed by atoms with Gasteiger partial charge in [0.15, 0.2) is 0 Å². The van der Waals surface area contributed by atoms with Crippen LogP contribution in [0.4, 0.5) is 0 Å². The van der Waals surface area contributed by atoms with Gasteiger partial charge in [-0.25, -0.2) is 13.8 Å². The molecule has 8 nitrogen and oxygen atoms in total. The highest BCUT2D eigenvalue weighted by Crippen LogP contribution is 2.21. The predicted octanol–water partition coefficient (Wildman–Crippen LogP) is 3.58. The Morgan fingerprint density at radius 2 is 1.69 bits per heavy atom. The molecule has 0 saturated carbocycles. The van der Waals surface area contributed by atoms with Crippen molar-refractivity contribution in [3.05, 3.63) is 90.0 Å². The first-order chi connectivity index (χ1) is 17.0. The number of para-hydroxylation sites is 1. The van der Waals surface area contributed by atoms with Gasteiger partial charge in [0, 0.05) is 19.5 Å². The van der Waals surface area contributed by atoms with E-state index in [9.17, 15) is 13.2 Å². The largest absolute Gasteiger partial charge is 0.457 e. The normalized spacial score (nSPS) is 14.6. The van der Waals surface area contributed by atoms with E-state index in [2.05, 4.69) is 10.5 Å². The molecule has 182 valence electrons. The van der Waals surface area contributed by atoms with Crippen LogP contribution in [0.25, 0.3) is 0 Å². The van der Waals surface area contributed by atoms with E-state index in [0.717, 1.165) is 16.9 Å². The van der Waals surface area contributed by atoms with Gasteiger partial charge in [-0.3, -0.25) is 4.79 Å². The molecule has 0 bridgehead atoms. The van der Waals surface area contributed by atoms with Gasteiger partial charge in [-0.1, -0.05) is 42.5 Å². The van der Waals surface area contributed by atoms with Gasteiger partial charge in [0.25, 0.3) is 0 Å². The number of hydrogen-bond donors (Lipinski definition) is 1. The maximum Gasteiger partial charge on any atom is 0.243 e. The molecule has 1 aliphatic heterocycles. The maximum absolute atomic E-state index is 12.7. The fraction of sp³-hybridized carbons (Fsp3) is 0.231. The summed E-state index contributed by atoms with van der Waals surface area (Å²) in [6.07, 6.45) is 2.25. The summed E-state index contributed by atoms with van der Waals surface area (Å²) in [6, 6.07) is 23.5. The van der Waals surface area contributed by atoms with Crippen molar-refractivity contribution >= 4 is 22.1 Å². The Bertz CT molecular complexity index is 1260. The number of hydrazone groups is 1. The molecule has 0 spiro atoms. The maximum atomic E-state index is 12.7. The monoisotopic (exact) mass is 493 g/mol. The van der Waals surface area contributed by atoms with Gasteiger partial charge in [0.05, 0.1) is 24.3 Å². The summed E-state index contributed by atoms with van der Waals surface area (Å²) in [5.74, 6) is 1.18. The lowest BCUT2D eigenvalue weighted by atomic mass is 10.1. The number of sulfonamides is 1. The summed E-state index contributed by atoms with van der Waals surface area (Å²) in [6.45, 7) is 1.52. The van der Waals surface area contributed by atoms with Gasteiger partial charge < -0.3 is 9.47 Å². The molecule has 0 radical (unpaired) electrons. The Kier molecular flexibility index (Phi) is 8.25. The van der Waals surface area contributed by atoms with E-state index in [1.807, 2.05) is 54.6 Å². The van der Waals surface area contributed by atoms with Gasteiger partial charge >= 0.3 is 0 Å². The molecule has 0 atom stereocenters. The van der Waals surface area contributed by atoms with Crippen LogP contribution in [-0.4, -0.2) is 51.1 Å². The van der Waals surface area contributed by atoms with E-state index in [0.29, 0.717) is 38.5 Å². The van der Waals surface area contributed by atoms with Crippen LogP contribution in [0.5, 0.6) is 11.5 Å². The zero-order valence-electron chi connectivity index (χ0n) is 19.2. The highest BCUT2D eigenvalue weighted by Gasteiger charge is 2.26. The molecule has 1 heterocycles. The number of benzene rings is 3. The predicted molar refractivity (Wildman–Crippen MR) is 133 cm³/mol. The number of aryl methyl sites for hydroxylation is 1. The van der Waals surface area contributed by atoms with Crippen LogP contribution in [0.1, 0.15) is 17.5 Å². The van der Waals surface area contributed by atoms with Crippen LogP contribution in [-0.2, 0) is 26.0 Å². The molecular weight excluding hydrogens is 466 g/mol. The minimum atomic E-state index is -3.52. The lowest BCUT2D eigenvalue weighted by molar-refractivity contribution is -0.121. The number of ether oxygens (including phenoxy) is 2. The molecule has 9 heteroatoms. The van der Waals surface area contributed by atoms with Crippen LogP contribution < -0.4 is 10.2 Å². The lowest BCUT2D eigenvalue weighted by Gasteiger charge is -2.26. The summed E-state index contributed by atoms with van der Waals surface area (Å²) in [4.78, 5) is 12.4. The van der Waals surface area contributed by atoms with Gasteiger partial charge in [-0.15, -0.1) is 0 Å². The third-order valence-corrected chi connectivity index (χ3v) is 7.32. The zero-order chi connectivity index (χ0) is 24.5. The van der Waals surface area contributed by atoms with E-state index in [1.54, 1.807) is 30.5 Å². The quantitative estimate of drug-likeness (QED) is 0.363. The summed E-state index contributed by atoms with van der Waals surface area (Å²) < 4.78 is 37.8. The molecule has 1 aliphatic rings. The number of nitrogens with one attached hydrogen (secondary N) is 1. The van der Waals surface area contributed by atoms with Gasteiger partial charge in [0.1, 0.15) is 11.5 Å². The topological polar surface area (TPSA) is 97.3 Å². The third-order valence-electron chi connectivity index (χ3n) is 5.41. The molecule has 4 rings (SSSR count). The lowest BCUT2D eigenvalue weighted by Crippen LogP contribution is -2.40. The molecule has 1 N–H and O–H groups in total. The number of carbonyl (C=O) groups is 1. The molecule has 0 aliphatic carbocycles.